The number of aliphatic hydroxyl groups excluding tert-OH is 1. The van der Waals surface area contributed by atoms with E-state index in [0.29, 0.717) is 18.9 Å². The zero-order chi connectivity index (χ0) is 10.2. The highest BCUT2D eigenvalue weighted by Crippen LogP contribution is 2.45. The zero-order valence-electron chi connectivity index (χ0n) is 8.09. The molecule has 82 valence electrons. The van der Waals surface area contributed by atoms with Gasteiger partial charge in [-0.25, -0.2) is 8.78 Å². The van der Waals surface area contributed by atoms with Gasteiger partial charge in [0.1, 0.15) is 0 Å². The molecule has 1 heterocycles. The number of rotatable bonds is 3. The van der Waals surface area contributed by atoms with Crippen LogP contribution in [0.3, 0.4) is 0 Å². The van der Waals surface area contributed by atoms with E-state index in [-0.39, 0.29) is 18.8 Å². The number of hydrogen-bond donors (Lipinski definition) is 1. The fourth-order valence-electron chi connectivity index (χ4n) is 2.28. The van der Waals surface area contributed by atoms with Crippen LogP contribution in [0.1, 0.15) is 25.7 Å². The number of ether oxygens (including phenoxy) is 1. The second kappa shape index (κ2) is 3.74. The molecule has 2 aliphatic rings. The third-order valence-corrected chi connectivity index (χ3v) is 3.26. The molecule has 1 aliphatic heterocycles. The number of hydrogen-bond acceptors (Lipinski definition) is 2. The van der Waals surface area contributed by atoms with Gasteiger partial charge in [0.25, 0.3) is 0 Å². The molecule has 2 atom stereocenters. The van der Waals surface area contributed by atoms with Crippen LogP contribution in [-0.4, -0.2) is 30.3 Å². The summed E-state index contributed by atoms with van der Waals surface area (Å²) in [6.45, 7) is 1.43. The van der Waals surface area contributed by atoms with Crippen molar-refractivity contribution in [1.29, 1.82) is 0 Å². The van der Waals surface area contributed by atoms with Gasteiger partial charge in [-0.05, 0) is 24.7 Å². The van der Waals surface area contributed by atoms with E-state index in [4.69, 9.17) is 4.74 Å². The van der Waals surface area contributed by atoms with Gasteiger partial charge in [0.2, 0.25) is 5.92 Å². The number of halogens is 2. The molecule has 1 aliphatic carbocycles. The smallest absolute Gasteiger partial charge is 0.248 e. The average Bonchev–Trinajstić information content (AvgIpc) is 2.52. The molecular formula is C10H16F2O2. The lowest BCUT2D eigenvalue weighted by atomic mass is 9.75. The highest BCUT2D eigenvalue weighted by Gasteiger charge is 2.48. The minimum Gasteiger partial charge on any atom is -0.393 e. The third kappa shape index (κ3) is 2.23. The molecule has 0 aromatic rings. The van der Waals surface area contributed by atoms with Gasteiger partial charge in [-0.1, -0.05) is 0 Å². The Morgan fingerprint density at radius 1 is 1.43 bits per heavy atom. The van der Waals surface area contributed by atoms with Gasteiger partial charge in [-0.3, -0.25) is 0 Å². The van der Waals surface area contributed by atoms with E-state index in [1.54, 1.807) is 0 Å². The summed E-state index contributed by atoms with van der Waals surface area (Å²) in [6.07, 6.45) is 0.756. The molecule has 0 radical (unpaired) electrons. The number of alkyl halides is 2. The largest absolute Gasteiger partial charge is 0.393 e. The molecule has 2 rings (SSSR count). The van der Waals surface area contributed by atoms with Gasteiger partial charge >= 0.3 is 0 Å². The summed E-state index contributed by atoms with van der Waals surface area (Å²) < 4.78 is 30.2. The van der Waals surface area contributed by atoms with Gasteiger partial charge in [-0.15, -0.1) is 0 Å². The zero-order valence-corrected chi connectivity index (χ0v) is 8.09. The van der Waals surface area contributed by atoms with Crippen LogP contribution < -0.4 is 0 Å². The molecule has 2 nitrogen and oxygen atoms in total. The Bertz CT molecular complexity index is 194. The van der Waals surface area contributed by atoms with E-state index >= 15 is 0 Å². The van der Waals surface area contributed by atoms with Crippen LogP contribution >= 0.6 is 0 Å². The highest BCUT2D eigenvalue weighted by molar-refractivity contribution is 4.90. The standard InChI is InChI=1S/C10H16F2O2/c11-10(12)4-8(5-10)9(13)3-7-1-2-14-6-7/h7-9,13H,1-6H2. The molecule has 1 saturated heterocycles. The maximum absolute atomic E-state index is 12.5. The summed E-state index contributed by atoms with van der Waals surface area (Å²) >= 11 is 0. The van der Waals surface area contributed by atoms with Gasteiger partial charge in [0.15, 0.2) is 0 Å². The van der Waals surface area contributed by atoms with E-state index < -0.39 is 12.0 Å². The molecule has 1 N–H and O–H groups in total. The summed E-state index contributed by atoms with van der Waals surface area (Å²) in [7, 11) is 0. The van der Waals surface area contributed by atoms with Gasteiger partial charge in [-0.2, -0.15) is 0 Å². The molecule has 0 spiro atoms. The molecule has 14 heavy (non-hydrogen) atoms. The average molecular weight is 206 g/mol. The second-order valence-electron chi connectivity index (χ2n) is 4.56. The first-order chi connectivity index (χ1) is 6.57. The fraction of sp³-hybridized carbons (Fsp3) is 1.00. The van der Waals surface area contributed by atoms with Crippen molar-refractivity contribution in [1.82, 2.24) is 0 Å². The van der Waals surface area contributed by atoms with Crippen LogP contribution in [0.5, 0.6) is 0 Å². The van der Waals surface area contributed by atoms with Crippen LogP contribution in [-0.2, 0) is 4.74 Å². The normalized spacial score (nSPS) is 34.1. The maximum Gasteiger partial charge on any atom is 0.248 e. The van der Waals surface area contributed by atoms with Crippen LogP contribution in [0.2, 0.25) is 0 Å². The summed E-state index contributed by atoms with van der Waals surface area (Å²) in [5, 5.41) is 9.67. The van der Waals surface area contributed by atoms with Crippen molar-refractivity contribution in [2.75, 3.05) is 13.2 Å². The van der Waals surface area contributed by atoms with Crippen molar-refractivity contribution in [3.8, 4) is 0 Å². The fourth-order valence-corrected chi connectivity index (χ4v) is 2.28. The van der Waals surface area contributed by atoms with Crippen molar-refractivity contribution in [2.45, 2.75) is 37.7 Å². The number of aliphatic hydroxyl groups is 1. The van der Waals surface area contributed by atoms with Crippen molar-refractivity contribution in [3.05, 3.63) is 0 Å². The SMILES string of the molecule is OC(CC1CCOC1)C1CC(F)(F)C1. The first-order valence-electron chi connectivity index (χ1n) is 5.20. The lowest BCUT2D eigenvalue weighted by Crippen LogP contribution is -2.42. The lowest BCUT2D eigenvalue weighted by Gasteiger charge is -2.38. The van der Waals surface area contributed by atoms with Crippen molar-refractivity contribution < 1.29 is 18.6 Å². The quantitative estimate of drug-likeness (QED) is 0.763. The maximum atomic E-state index is 12.5. The van der Waals surface area contributed by atoms with E-state index in [1.807, 2.05) is 0 Å². The lowest BCUT2D eigenvalue weighted by molar-refractivity contribution is -0.144. The second-order valence-corrected chi connectivity index (χ2v) is 4.56. The highest BCUT2D eigenvalue weighted by atomic mass is 19.3. The molecule has 2 fully saturated rings. The van der Waals surface area contributed by atoms with E-state index in [1.165, 1.54) is 0 Å². The predicted molar refractivity (Wildman–Crippen MR) is 47.2 cm³/mol. The topological polar surface area (TPSA) is 29.5 Å². The molecule has 2 unspecified atom stereocenters. The Balaban J connectivity index is 1.71. The molecule has 0 aromatic heterocycles. The van der Waals surface area contributed by atoms with Crippen molar-refractivity contribution in [2.24, 2.45) is 11.8 Å². The van der Waals surface area contributed by atoms with Gasteiger partial charge < -0.3 is 9.84 Å². The molecule has 0 amide bonds. The first-order valence-corrected chi connectivity index (χ1v) is 5.20. The van der Waals surface area contributed by atoms with Crippen LogP contribution in [0.4, 0.5) is 8.78 Å². The predicted octanol–water partition coefficient (Wildman–Crippen LogP) is 1.82. The molecular weight excluding hydrogens is 190 g/mol. The summed E-state index contributed by atoms with van der Waals surface area (Å²) in [4.78, 5) is 0. The van der Waals surface area contributed by atoms with E-state index in [0.717, 1.165) is 13.0 Å². The first kappa shape index (κ1) is 10.3. The van der Waals surface area contributed by atoms with Gasteiger partial charge in [0, 0.05) is 26.1 Å². The Morgan fingerprint density at radius 3 is 2.64 bits per heavy atom. The third-order valence-electron chi connectivity index (χ3n) is 3.26. The minimum atomic E-state index is -2.52. The summed E-state index contributed by atoms with van der Waals surface area (Å²) in [6, 6.07) is 0. The van der Waals surface area contributed by atoms with Crippen LogP contribution in [0, 0.1) is 11.8 Å². The molecule has 0 aromatic carbocycles. The Labute approximate surface area is 82.3 Å². The Kier molecular flexibility index (Phi) is 2.75. The Hall–Kier alpha value is -0.220. The van der Waals surface area contributed by atoms with Crippen LogP contribution in [0.15, 0.2) is 0 Å². The van der Waals surface area contributed by atoms with E-state index in [2.05, 4.69) is 0 Å². The van der Waals surface area contributed by atoms with Crippen LogP contribution in [0.25, 0.3) is 0 Å². The summed E-state index contributed by atoms with van der Waals surface area (Å²) in [5.74, 6) is -2.33. The Morgan fingerprint density at radius 2 is 2.14 bits per heavy atom. The van der Waals surface area contributed by atoms with Gasteiger partial charge in [0.05, 0.1) is 6.10 Å². The minimum absolute atomic E-state index is 0.137. The summed E-state index contributed by atoms with van der Waals surface area (Å²) in [5.41, 5.74) is 0. The molecule has 0 bridgehead atoms. The van der Waals surface area contributed by atoms with Crippen molar-refractivity contribution >= 4 is 0 Å². The monoisotopic (exact) mass is 206 g/mol. The van der Waals surface area contributed by atoms with E-state index in [9.17, 15) is 13.9 Å². The molecule has 1 saturated carbocycles. The molecule has 4 heteroatoms. The van der Waals surface area contributed by atoms with Crippen molar-refractivity contribution in [3.63, 3.8) is 0 Å².